The van der Waals surface area contributed by atoms with Crippen molar-refractivity contribution < 1.29 is 4.74 Å². The zero-order chi connectivity index (χ0) is 22.3. The molecule has 1 aromatic heterocycles. The molecule has 0 unspecified atom stereocenters. The zero-order valence-electron chi connectivity index (χ0n) is 19.0. The number of rotatable bonds is 9. The zero-order valence-corrected chi connectivity index (χ0v) is 19.0. The molecule has 0 radical (unpaired) electrons. The summed E-state index contributed by atoms with van der Waals surface area (Å²) >= 11 is 0. The summed E-state index contributed by atoms with van der Waals surface area (Å²) in [4.78, 5) is 0. The summed E-state index contributed by atoms with van der Waals surface area (Å²) in [6.45, 7) is 6.06. The van der Waals surface area contributed by atoms with Gasteiger partial charge in [-0.2, -0.15) is 0 Å². The van der Waals surface area contributed by atoms with Crippen LogP contribution in [0.15, 0.2) is 72.8 Å². The molecule has 32 heavy (non-hydrogen) atoms. The Labute approximate surface area is 190 Å². The summed E-state index contributed by atoms with van der Waals surface area (Å²) in [6, 6.07) is 25.3. The van der Waals surface area contributed by atoms with Crippen LogP contribution in [0.1, 0.15) is 29.4 Å². The molecule has 4 rings (SSSR count). The molecule has 0 bridgehead atoms. The SMILES string of the molecule is CCNCCc1nnn(-c2ccc(C)cc2)c1Cc1ccc(-c2ccc(OC)cc2)cc1. The molecular weight excluding hydrogens is 396 g/mol. The fourth-order valence-electron chi connectivity index (χ4n) is 3.77. The van der Waals surface area contributed by atoms with Gasteiger partial charge >= 0.3 is 0 Å². The van der Waals surface area contributed by atoms with Crippen LogP contribution in [0.2, 0.25) is 0 Å². The van der Waals surface area contributed by atoms with Crippen molar-refractivity contribution >= 4 is 0 Å². The van der Waals surface area contributed by atoms with Gasteiger partial charge in [0.25, 0.3) is 0 Å². The Morgan fingerprint density at radius 3 is 2.16 bits per heavy atom. The minimum atomic E-state index is 0.783. The first-order chi connectivity index (χ1) is 15.7. The molecule has 0 saturated heterocycles. The molecule has 164 valence electrons. The second kappa shape index (κ2) is 10.2. The van der Waals surface area contributed by atoms with E-state index < -0.39 is 0 Å². The van der Waals surface area contributed by atoms with Gasteiger partial charge in [-0.1, -0.05) is 66.2 Å². The van der Waals surface area contributed by atoms with Crippen molar-refractivity contribution in [1.82, 2.24) is 20.3 Å². The van der Waals surface area contributed by atoms with Crippen molar-refractivity contribution in [3.05, 3.63) is 95.3 Å². The molecule has 3 aromatic carbocycles. The van der Waals surface area contributed by atoms with E-state index in [0.29, 0.717) is 0 Å². The highest BCUT2D eigenvalue weighted by Crippen LogP contribution is 2.24. The average Bonchev–Trinajstić information content (AvgIpc) is 3.22. The van der Waals surface area contributed by atoms with Gasteiger partial charge in [-0.25, -0.2) is 4.68 Å². The highest BCUT2D eigenvalue weighted by Gasteiger charge is 2.15. The summed E-state index contributed by atoms with van der Waals surface area (Å²) in [5.41, 5.74) is 8.07. The molecule has 0 atom stereocenters. The summed E-state index contributed by atoms with van der Waals surface area (Å²) in [6.07, 6.45) is 1.64. The van der Waals surface area contributed by atoms with Crippen LogP contribution in [0, 0.1) is 6.92 Å². The third kappa shape index (κ3) is 5.06. The average molecular weight is 427 g/mol. The number of hydrogen-bond acceptors (Lipinski definition) is 4. The Morgan fingerprint density at radius 1 is 0.875 bits per heavy atom. The van der Waals surface area contributed by atoms with Gasteiger partial charge in [-0.3, -0.25) is 0 Å². The number of aryl methyl sites for hydroxylation is 1. The first-order valence-electron chi connectivity index (χ1n) is 11.1. The maximum atomic E-state index is 5.26. The predicted octanol–water partition coefficient (Wildman–Crippen LogP) is 4.99. The molecule has 0 aliphatic carbocycles. The van der Waals surface area contributed by atoms with E-state index in [0.717, 1.165) is 48.8 Å². The van der Waals surface area contributed by atoms with E-state index in [1.165, 1.54) is 22.3 Å². The molecule has 0 aliphatic rings. The molecule has 0 aliphatic heterocycles. The molecule has 0 fully saturated rings. The first kappa shape index (κ1) is 21.8. The Balaban J connectivity index is 1.60. The lowest BCUT2D eigenvalue weighted by Crippen LogP contribution is -2.17. The molecule has 0 amide bonds. The van der Waals surface area contributed by atoms with Gasteiger partial charge in [-0.15, -0.1) is 5.10 Å². The molecular formula is C27H30N4O. The van der Waals surface area contributed by atoms with Gasteiger partial charge in [0.1, 0.15) is 5.75 Å². The lowest BCUT2D eigenvalue weighted by atomic mass is 10.0. The highest BCUT2D eigenvalue weighted by atomic mass is 16.5. The number of aromatic nitrogens is 3. The molecule has 4 aromatic rings. The van der Waals surface area contributed by atoms with Crippen LogP contribution >= 0.6 is 0 Å². The minimum absolute atomic E-state index is 0.783. The van der Waals surface area contributed by atoms with E-state index in [-0.39, 0.29) is 0 Å². The molecule has 1 N–H and O–H groups in total. The van der Waals surface area contributed by atoms with Gasteiger partial charge in [0, 0.05) is 19.4 Å². The summed E-state index contributed by atoms with van der Waals surface area (Å²) < 4.78 is 7.25. The van der Waals surface area contributed by atoms with Crippen LogP contribution in [-0.4, -0.2) is 35.2 Å². The fraction of sp³-hybridized carbons (Fsp3) is 0.259. The molecule has 5 nitrogen and oxygen atoms in total. The monoisotopic (exact) mass is 426 g/mol. The third-order valence-corrected chi connectivity index (χ3v) is 5.66. The van der Waals surface area contributed by atoms with Crippen molar-refractivity contribution in [2.24, 2.45) is 0 Å². The normalized spacial score (nSPS) is 11.0. The van der Waals surface area contributed by atoms with Crippen molar-refractivity contribution in [2.75, 3.05) is 20.2 Å². The van der Waals surface area contributed by atoms with E-state index in [9.17, 15) is 0 Å². The van der Waals surface area contributed by atoms with Gasteiger partial charge in [0.15, 0.2) is 0 Å². The van der Waals surface area contributed by atoms with E-state index in [1.54, 1.807) is 7.11 Å². The first-order valence-corrected chi connectivity index (χ1v) is 11.1. The number of benzene rings is 3. The fourth-order valence-corrected chi connectivity index (χ4v) is 3.77. The number of likely N-dealkylation sites (N-methyl/N-ethyl adjacent to an activating group) is 1. The Hall–Kier alpha value is -3.44. The number of nitrogens with one attached hydrogen (secondary N) is 1. The molecule has 1 heterocycles. The van der Waals surface area contributed by atoms with Crippen LogP contribution in [0.4, 0.5) is 0 Å². The van der Waals surface area contributed by atoms with Crippen LogP contribution in [-0.2, 0) is 12.8 Å². The second-order valence-electron chi connectivity index (χ2n) is 7.94. The summed E-state index contributed by atoms with van der Waals surface area (Å²) in [5, 5.41) is 12.4. The standard InChI is InChI=1S/C27H30N4O/c1-4-28-18-17-26-27(31(30-29-26)24-13-5-20(2)6-14-24)19-21-7-9-22(10-8-21)23-11-15-25(32-3)16-12-23/h5-16,28H,4,17-19H2,1-3H3. The van der Waals surface area contributed by atoms with Gasteiger partial charge < -0.3 is 10.1 Å². The third-order valence-electron chi connectivity index (χ3n) is 5.66. The minimum Gasteiger partial charge on any atom is -0.497 e. The van der Waals surface area contributed by atoms with Crippen molar-refractivity contribution in [3.8, 4) is 22.6 Å². The van der Waals surface area contributed by atoms with Crippen LogP contribution in [0.25, 0.3) is 16.8 Å². The number of methoxy groups -OCH3 is 1. The maximum Gasteiger partial charge on any atom is 0.118 e. The quantitative estimate of drug-likeness (QED) is 0.383. The smallest absolute Gasteiger partial charge is 0.118 e. The largest absolute Gasteiger partial charge is 0.497 e. The van der Waals surface area contributed by atoms with Crippen LogP contribution in [0.5, 0.6) is 5.75 Å². The number of nitrogens with zero attached hydrogens (tertiary/aromatic N) is 3. The molecule has 0 spiro atoms. The van der Waals surface area contributed by atoms with E-state index in [4.69, 9.17) is 4.74 Å². The van der Waals surface area contributed by atoms with Gasteiger partial charge in [0.2, 0.25) is 0 Å². The van der Waals surface area contributed by atoms with Crippen molar-refractivity contribution in [2.45, 2.75) is 26.7 Å². The molecule has 5 heteroatoms. The summed E-state index contributed by atoms with van der Waals surface area (Å²) in [5.74, 6) is 0.868. The van der Waals surface area contributed by atoms with Crippen molar-refractivity contribution in [1.29, 1.82) is 0 Å². The molecule has 0 saturated carbocycles. The highest BCUT2D eigenvalue weighted by molar-refractivity contribution is 5.64. The Kier molecular flexibility index (Phi) is 6.97. The van der Waals surface area contributed by atoms with E-state index in [2.05, 4.69) is 90.1 Å². The van der Waals surface area contributed by atoms with Crippen LogP contribution in [0.3, 0.4) is 0 Å². The summed E-state index contributed by atoms with van der Waals surface area (Å²) in [7, 11) is 1.69. The number of ether oxygens (including phenoxy) is 1. The Bertz CT molecular complexity index is 1130. The number of hydrogen-bond donors (Lipinski definition) is 1. The van der Waals surface area contributed by atoms with Gasteiger partial charge in [-0.05, 0) is 54.4 Å². The second-order valence-corrected chi connectivity index (χ2v) is 7.94. The lowest BCUT2D eigenvalue weighted by molar-refractivity contribution is 0.415. The van der Waals surface area contributed by atoms with Gasteiger partial charge in [0.05, 0.1) is 24.2 Å². The van der Waals surface area contributed by atoms with E-state index in [1.807, 2.05) is 16.8 Å². The predicted molar refractivity (Wildman–Crippen MR) is 130 cm³/mol. The van der Waals surface area contributed by atoms with Crippen LogP contribution < -0.4 is 10.1 Å². The maximum absolute atomic E-state index is 5.26. The Morgan fingerprint density at radius 2 is 1.53 bits per heavy atom. The lowest BCUT2D eigenvalue weighted by Gasteiger charge is -2.10. The van der Waals surface area contributed by atoms with E-state index >= 15 is 0 Å². The topological polar surface area (TPSA) is 52.0 Å². The van der Waals surface area contributed by atoms with Crippen molar-refractivity contribution in [3.63, 3.8) is 0 Å².